The molecule has 0 N–H and O–H groups in total. The van der Waals surface area contributed by atoms with E-state index < -0.39 is 0 Å². The molecule has 3 aromatic heterocycles. The lowest BCUT2D eigenvalue weighted by molar-refractivity contribution is 1.10. The van der Waals surface area contributed by atoms with Gasteiger partial charge >= 0.3 is 0 Å². The van der Waals surface area contributed by atoms with Crippen molar-refractivity contribution >= 4 is 43.4 Å². The van der Waals surface area contributed by atoms with Crippen LogP contribution in [0.4, 0.5) is 0 Å². The Labute approximate surface area is 270 Å². The minimum absolute atomic E-state index is 0.931. The van der Waals surface area contributed by atoms with Gasteiger partial charge in [0.05, 0.1) is 22.2 Å². The summed E-state index contributed by atoms with van der Waals surface area (Å²) < 4.78 is 3.51. The van der Waals surface area contributed by atoms with E-state index in [1.54, 1.807) is 0 Å². The second-order valence-electron chi connectivity index (χ2n) is 11.4. The second kappa shape index (κ2) is 11.0. The average Bonchev–Trinajstić information content (AvgIpc) is 3.73. The molecule has 0 aliphatic heterocycles. The fourth-order valence-corrected chi connectivity index (χ4v) is 7.87. The lowest BCUT2D eigenvalue weighted by atomic mass is 9.95. The number of thiophene rings is 1. The maximum absolute atomic E-state index is 5.28. The molecule has 6 aromatic carbocycles. The van der Waals surface area contributed by atoms with Crippen LogP contribution in [0.25, 0.3) is 81.9 Å². The van der Waals surface area contributed by atoms with E-state index in [4.69, 9.17) is 9.97 Å². The van der Waals surface area contributed by atoms with Crippen molar-refractivity contribution in [2.45, 2.75) is 0 Å². The van der Waals surface area contributed by atoms with Gasteiger partial charge in [0.15, 0.2) is 0 Å². The van der Waals surface area contributed by atoms with Gasteiger partial charge in [-0.2, -0.15) is 0 Å². The van der Waals surface area contributed by atoms with Crippen molar-refractivity contribution in [3.8, 4) is 49.9 Å². The molecule has 0 radical (unpaired) electrons. The van der Waals surface area contributed by atoms with E-state index in [-0.39, 0.29) is 0 Å². The van der Waals surface area contributed by atoms with Crippen molar-refractivity contribution in [3.63, 3.8) is 0 Å². The summed E-state index contributed by atoms with van der Waals surface area (Å²) in [5.74, 6) is 0.931. The first-order valence-corrected chi connectivity index (χ1v) is 16.2. The predicted molar refractivity (Wildman–Crippen MR) is 193 cm³/mol. The number of aromatic nitrogens is 3. The Morgan fingerprint density at radius 1 is 0.457 bits per heavy atom. The van der Waals surface area contributed by atoms with Crippen molar-refractivity contribution in [1.29, 1.82) is 0 Å². The Kier molecular flexibility index (Phi) is 6.32. The first-order chi connectivity index (χ1) is 22.8. The molecule has 9 aromatic rings. The molecule has 216 valence electrons. The summed E-state index contributed by atoms with van der Waals surface area (Å²) in [6, 6.07) is 57.6. The van der Waals surface area contributed by atoms with Gasteiger partial charge in [0, 0.05) is 42.7 Å². The lowest BCUT2D eigenvalue weighted by Crippen LogP contribution is -1.97. The zero-order chi connectivity index (χ0) is 30.5. The van der Waals surface area contributed by atoms with Gasteiger partial charge in [-0.05, 0) is 41.5 Å². The van der Waals surface area contributed by atoms with Crippen molar-refractivity contribution in [2.75, 3.05) is 0 Å². The van der Waals surface area contributed by atoms with Crippen LogP contribution >= 0.6 is 11.3 Å². The molecule has 4 heteroatoms. The van der Waals surface area contributed by atoms with Crippen LogP contribution in [0.2, 0.25) is 0 Å². The summed E-state index contributed by atoms with van der Waals surface area (Å²) in [4.78, 5) is 11.6. The third-order valence-electron chi connectivity index (χ3n) is 8.62. The van der Waals surface area contributed by atoms with E-state index in [1.807, 2.05) is 23.5 Å². The van der Waals surface area contributed by atoms with Crippen LogP contribution in [-0.2, 0) is 0 Å². The Balaban J connectivity index is 1.28. The summed E-state index contributed by atoms with van der Waals surface area (Å²) in [6.45, 7) is 0. The van der Waals surface area contributed by atoms with Gasteiger partial charge in [0.2, 0.25) is 0 Å². The van der Waals surface area contributed by atoms with Gasteiger partial charge in [-0.1, -0.05) is 133 Å². The van der Waals surface area contributed by atoms with Crippen LogP contribution in [0.15, 0.2) is 164 Å². The molecule has 0 amide bonds. The summed E-state index contributed by atoms with van der Waals surface area (Å²) in [6.07, 6.45) is 0. The highest BCUT2D eigenvalue weighted by molar-refractivity contribution is 7.24. The molecular formula is C42H27N3S. The maximum Gasteiger partial charge on any atom is 0.145 e. The van der Waals surface area contributed by atoms with Crippen LogP contribution in [0, 0.1) is 0 Å². The van der Waals surface area contributed by atoms with Crippen molar-refractivity contribution in [1.82, 2.24) is 14.5 Å². The molecule has 9 rings (SSSR count). The predicted octanol–water partition coefficient (Wildman–Crippen LogP) is 11.5. The van der Waals surface area contributed by atoms with E-state index in [1.165, 1.54) is 37.0 Å². The molecule has 0 unspecified atom stereocenters. The van der Waals surface area contributed by atoms with Gasteiger partial charge in [0.1, 0.15) is 5.82 Å². The minimum Gasteiger partial charge on any atom is -0.292 e. The molecule has 0 aliphatic rings. The Hall–Kier alpha value is -5.84. The molecule has 0 saturated carbocycles. The summed E-state index contributed by atoms with van der Waals surface area (Å²) in [7, 11) is 0. The van der Waals surface area contributed by atoms with E-state index in [0.29, 0.717) is 0 Å². The molecule has 0 saturated heterocycles. The van der Waals surface area contributed by atoms with Crippen LogP contribution in [-0.4, -0.2) is 14.5 Å². The highest BCUT2D eigenvalue weighted by atomic mass is 32.1. The monoisotopic (exact) mass is 605 g/mol. The van der Waals surface area contributed by atoms with Gasteiger partial charge in [-0.25, -0.2) is 9.97 Å². The average molecular weight is 606 g/mol. The number of hydrogen-bond acceptors (Lipinski definition) is 3. The van der Waals surface area contributed by atoms with Crippen LogP contribution in [0.1, 0.15) is 0 Å². The summed E-state index contributed by atoms with van der Waals surface area (Å²) in [5, 5.41) is 2.38. The van der Waals surface area contributed by atoms with Gasteiger partial charge < -0.3 is 0 Å². The first kappa shape index (κ1) is 26.6. The van der Waals surface area contributed by atoms with Crippen LogP contribution in [0.3, 0.4) is 0 Å². The van der Waals surface area contributed by atoms with Crippen molar-refractivity contribution < 1.29 is 0 Å². The standard InChI is InChI=1S/C42H27N3S/c1-4-14-28(15-5-1)37-38-39(29-16-6-2-7-17-29)43-34-21-11-10-20-33(34)41(38)46-40(37)30-24-26-31(27-25-30)42-44-35-22-12-13-23-36(35)45(42)32-18-8-3-9-19-32/h1-27H. The van der Waals surface area contributed by atoms with Gasteiger partial charge in [0.25, 0.3) is 0 Å². The molecule has 0 fully saturated rings. The quantitative estimate of drug-likeness (QED) is 0.195. The third kappa shape index (κ3) is 4.34. The third-order valence-corrected chi connectivity index (χ3v) is 9.89. The first-order valence-electron chi connectivity index (χ1n) is 15.4. The van der Waals surface area contributed by atoms with Crippen molar-refractivity contribution in [3.05, 3.63) is 164 Å². The number of rotatable bonds is 5. The van der Waals surface area contributed by atoms with E-state index in [2.05, 4.69) is 156 Å². The molecule has 0 bridgehead atoms. The second-order valence-corrected chi connectivity index (χ2v) is 12.4. The zero-order valence-corrected chi connectivity index (χ0v) is 25.7. The van der Waals surface area contributed by atoms with Crippen LogP contribution < -0.4 is 0 Å². The summed E-state index contributed by atoms with van der Waals surface area (Å²) in [5.41, 5.74) is 11.0. The fourth-order valence-electron chi connectivity index (χ4n) is 6.50. The molecule has 3 heterocycles. The molecule has 46 heavy (non-hydrogen) atoms. The molecule has 3 nitrogen and oxygen atoms in total. The minimum atomic E-state index is 0.931. The zero-order valence-electron chi connectivity index (χ0n) is 24.8. The number of para-hydroxylation sites is 4. The largest absolute Gasteiger partial charge is 0.292 e. The van der Waals surface area contributed by atoms with E-state index >= 15 is 0 Å². The molecular weight excluding hydrogens is 579 g/mol. The maximum atomic E-state index is 5.28. The van der Waals surface area contributed by atoms with Gasteiger partial charge in [-0.3, -0.25) is 4.57 Å². The molecule has 0 spiro atoms. The van der Waals surface area contributed by atoms with E-state index in [9.17, 15) is 0 Å². The van der Waals surface area contributed by atoms with Crippen molar-refractivity contribution in [2.24, 2.45) is 0 Å². The fraction of sp³-hybridized carbons (Fsp3) is 0. The number of pyridine rings is 1. The Morgan fingerprint density at radius 3 is 1.78 bits per heavy atom. The Morgan fingerprint density at radius 2 is 1.04 bits per heavy atom. The highest BCUT2D eigenvalue weighted by Gasteiger charge is 2.23. The lowest BCUT2D eigenvalue weighted by Gasteiger charge is -2.11. The number of imidazole rings is 1. The normalized spacial score (nSPS) is 11.5. The van der Waals surface area contributed by atoms with Gasteiger partial charge in [-0.15, -0.1) is 11.3 Å². The number of hydrogen-bond donors (Lipinski definition) is 0. The Bertz CT molecular complexity index is 2500. The van der Waals surface area contributed by atoms with Crippen LogP contribution in [0.5, 0.6) is 0 Å². The number of benzene rings is 6. The molecule has 0 aliphatic carbocycles. The van der Waals surface area contributed by atoms with E-state index in [0.717, 1.165) is 44.9 Å². The topological polar surface area (TPSA) is 30.7 Å². The number of fused-ring (bicyclic) bond motifs is 4. The summed E-state index contributed by atoms with van der Waals surface area (Å²) >= 11 is 1.85. The number of nitrogens with zero attached hydrogens (tertiary/aromatic N) is 3. The smallest absolute Gasteiger partial charge is 0.145 e. The highest BCUT2D eigenvalue weighted by Crippen LogP contribution is 2.50. The molecule has 0 atom stereocenters. The SMILES string of the molecule is c1ccc(-c2nc3ccccc3c3sc(-c4ccc(-c5nc6ccccc6n5-c5ccccc5)cc4)c(-c4ccccc4)c23)cc1.